The Hall–Kier alpha value is -1.02. The molecule has 3 atom stereocenters. The third kappa shape index (κ3) is 3.35. The monoisotopic (exact) mass is 274 g/mol. The number of benzene rings is 1. The first-order chi connectivity index (χ1) is 9.67. The fourth-order valence-corrected chi connectivity index (χ4v) is 3.18. The molecule has 112 valence electrons. The van der Waals surface area contributed by atoms with Gasteiger partial charge in [-0.25, -0.2) is 0 Å². The maximum Gasteiger partial charge on any atom is 0.0402 e. The van der Waals surface area contributed by atoms with Crippen molar-refractivity contribution in [3.8, 4) is 0 Å². The van der Waals surface area contributed by atoms with Crippen molar-refractivity contribution >= 4 is 5.69 Å². The molecule has 1 N–H and O–H groups in total. The van der Waals surface area contributed by atoms with E-state index in [0.717, 1.165) is 19.0 Å². The highest BCUT2D eigenvalue weighted by atomic mass is 15.2. The van der Waals surface area contributed by atoms with Crippen molar-refractivity contribution < 1.29 is 0 Å². The number of para-hydroxylation sites is 1. The maximum absolute atomic E-state index is 3.76. The fourth-order valence-electron chi connectivity index (χ4n) is 3.18. The van der Waals surface area contributed by atoms with Gasteiger partial charge in [-0.3, -0.25) is 0 Å². The molecule has 0 saturated carbocycles. The second-order valence-electron chi connectivity index (χ2n) is 6.28. The summed E-state index contributed by atoms with van der Waals surface area (Å²) in [6.07, 6.45) is 3.64. The normalized spacial score (nSPS) is 20.8. The molecule has 3 unspecified atom stereocenters. The number of anilines is 1. The van der Waals surface area contributed by atoms with Crippen molar-refractivity contribution in [3.63, 3.8) is 0 Å². The van der Waals surface area contributed by atoms with Crippen LogP contribution < -0.4 is 10.2 Å². The van der Waals surface area contributed by atoms with Gasteiger partial charge < -0.3 is 10.2 Å². The molecule has 0 amide bonds. The molecule has 0 aliphatic carbocycles. The summed E-state index contributed by atoms with van der Waals surface area (Å²) in [5.74, 6) is 0.724. The van der Waals surface area contributed by atoms with Crippen LogP contribution in [0.4, 0.5) is 5.69 Å². The highest BCUT2D eigenvalue weighted by Gasteiger charge is 2.28. The van der Waals surface area contributed by atoms with Crippen LogP contribution in [0.15, 0.2) is 24.3 Å². The lowest BCUT2D eigenvalue weighted by molar-refractivity contribution is 0.361. The summed E-state index contributed by atoms with van der Waals surface area (Å²) in [5, 5.41) is 3.76. The summed E-state index contributed by atoms with van der Waals surface area (Å²) in [4.78, 5) is 2.61. The van der Waals surface area contributed by atoms with E-state index in [1.807, 2.05) is 0 Å². The molecule has 0 spiro atoms. The molecule has 0 aromatic heterocycles. The molecule has 20 heavy (non-hydrogen) atoms. The first-order valence-corrected chi connectivity index (χ1v) is 8.25. The van der Waals surface area contributed by atoms with Gasteiger partial charge in [0, 0.05) is 24.3 Å². The van der Waals surface area contributed by atoms with E-state index in [9.17, 15) is 0 Å². The molecule has 1 aromatic carbocycles. The van der Waals surface area contributed by atoms with Gasteiger partial charge in [0.1, 0.15) is 0 Å². The molecule has 2 heteroatoms. The Morgan fingerprint density at radius 2 is 2.05 bits per heavy atom. The van der Waals surface area contributed by atoms with Gasteiger partial charge >= 0.3 is 0 Å². The molecule has 1 heterocycles. The Morgan fingerprint density at radius 3 is 2.75 bits per heavy atom. The zero-order valence-electron chi connectivity index (χ0n) is 13.5. The zero-order valence-corrected chi connectivity index (χ0v) is 13.5. The van der Waals surface area contributed by atoms with E-state index in [4.69, 9.17) is 0 Å². The van der Waals surface area contributed by atoms with Gasteiger partial charge in [-0.2, -0.15) is 0 Å². The fraction of sp³-hybridized carbons (Fsp3) is 0.667. The van der Waals surface area contributed by atoms with Crippen molar-refractivity contribution in [1.29, 1.82) is 0 Å². The Morgan fingerprint density at radius 1 is 1.30 bits per heavy atom. The minimum atomic E-state index is 0.591. The molecular formula is C18H30N2. The highest BCUT2D eigenvalue weighted by Crippen LogP contribution is 2.32. The van der Waals surface area contributed by atoms with Gasteiger partial charge in [-0.05, 0) is 43.9 Å². The Balaban J connectivity index is 2.09. The van der Waals surface area contributed by atoms with Gasteiger partial charge in [0.05, 0.1) is 0 Å². The van der Waals surface area contributed by atoms with Crippen LogP contribution in [0, 0.1) is 5.92 Å². The molecule has 1 aliphatic heterocycles. The topological polar surface area (TPSA) is 15.3 Å². The van der Waals surface area contributed by atoms with Gasteiger partial charge in [0.2, 0.25) is 0 Å². The molecule has 0 fully saturated rings. The van der Waals surface area contributed by atoms with Gasteiger partial charge in [0.25, 0.3) is 0 Å². The quantitative estimate of drug-likeness (QED) is 0.812. The lowest BCUT2D eigenvalue weighted by Crippen LogP contribution is -2.47. The van der Waals surface area contributed by atoms with E-state index in [-0.39, 0.29) is 0 Å². The van der Waals surface area contributed by atoms with E-state index >= 15 is 0 Å². The molecule has 1 aliphatic rings. The average Bonchev–Trinajstić information content (AvgIpc) is 2.78. The van der Waals surface area contributed by atoms with E-state index in [1.54, 1.807) is 0 Å². The standard InChI is InChI=1S/C18H30N2/c1-5-11-19-17(14(3)6-2)13-20-15(4)12-16-9-7-8-10-18(16)20/h7-10,14-15,17,19H,5-6,11-13H2,1-4H3. The smallest absolute Gasteiger partial charge is 0.0402 e. The summed E-state index contributed by atoms with van der Waals surface area (Å²) < 4.78 is 0. The molecule has 0 bridgehead atoms. The summed E-state index contributed by atoms with van der Waals surface area (Å²) in [7, 11) is 0. The van der Waals surface area contributed by atoms with Gasteiger partial charge in [0.15, 0.2) is 0 Å². The van der Waals surface area contributed by atoms with Crippen LogP contribution >= 0.6 is 0 Å². The Labute approximate surface area is 124 Å². The van der Waals surface area contributed by atoms with Crippen LogP contribution in [-0.2, 0) is 6.42 Å². The predicted molar refractivity (Wildman–Crippen MR) is 88.5 cm³/mol. The van der Waals surface area contributed by atoms with Crippen LogP contribution in [0.1, 0.15) is 46.1 Å². The Kier molecular flexibility index (Phi) is 5.47. The van der Waals surface area contributed by atoms with E-state index in [2.05, 4.69) is 62.2 Å². The predicted octanol–water partition coefficient (Wildman–Crippen LogP) is 3.85. The summed E-state index contributed by atoms with van der Waals surface area (Å²) in [5.41, 5.74) is 2.96. The number of hydrogen-bond acceptors (Lipinski definition) is 2. The van der Waals surface area contributed by atoms with Crippen molar-refractivity contribution in [1.82, 2.24) is 5.32 Å². The number of fused-ring (bicyclic) bond motifs is 1. The highest BCUT2D eigenvalue weighted by molar-refractivity contribution is 5.59. The van der Waals surface area contributed by atoms with E-state index in [1.165, 1.54) is 30.5 Å². The Bertz CT molecular complexity index is 416. The van der Waals surface area contributed by atoms with Crippen molar-refractivity contribution in [3.05, 3.63) is 29.8 Å². The summed E-state index contributed by atoms with van der Waals surface area (Å²) in [6.45, 7) is 11.5. The van der Waals surface area contributed by atoms with Gasteiger partial charge in [-0.15, -0.1) is 0 Å². The molecule has 2 nitrogen and oxygen atoms in total. The molecule has 0 saturated heterocycles. The second kappa shape index (κ2) is 7.12. The largest absolute Gasteiger partial charge is 0.367 e. The maximum atomic E-state index is 3.76. The molecule has 0 radical (unpaired) electrons. The summed E-state index contributed by atoms with van der Waals surface area (Å²) in [6, 6.07) is 10.1. The van der Waals surface area contributed by atoms with Crippen molar-refractivity contribution in [2.75, 3.05) is 18.0 Å². The van der Waals surface area contributed by atoms with Crippen LogP contribution in [-0.4, -0.2) is 25.2 Å². The first-order valence-electron chi connectivity index (χ1n) is 8.25. The zero-order chi connectivity index (χ0) is 14.5. The second-order valence-corrected chi connectivity index (χ2v) is 6.28. The average molecular weight is 274 g/mol. The van der Waals surface area contributed by atoms with Crippen LogP contribution in [0.3, 0.4) is 0 Å². The third-order valence-corrected chi connectivity index (χ3v) is 4.73. The lowest BCUT2D eigenvalue weighted by atomic mass is 9.98. The van der Waals surface area contributed by atoms with E-state index in [0.29, 0.717) is 12.1 Å². The van der Waals surface area contributed by atoms with Crippen molar-refractivity contribution in [2.45, 2.75) is 59.0 Å². The SMILES string of the molecule is CCCNC(CN1c2ccccc2CC1C)C(C)CC. The number of hydrogen-bond donors (Lipinski definition) is 1. The number of rotatable bonds is 7. The molecular weight excluding hydrogens is 244 g/mol. The lowest BCUT2D eigenvalue weighted by Gasteiger charge is -2.33. The third-order valence-electron chi connectivity index (χ3n) is 4.73. The number of nitrogens with one attached hydrogen (secondary N) is 1. The minimum absolute atomic E-state index is 0.591. The molecule has 1 aromatic rings. The van der Waals surface area contributed by atoms with Crippen molar-refractivity contribution in [2.24, 2.45) is 5.92 Å². The summed E-state index contributed by atoms with van der Waals surface area (Å²) >= 11 is 0. The number of nitrogens with zero attached hydrogens (tertiary/aromatic N) is 1. The minimum Gasteiger partial charge on any atom is -0.367 e. The van der Waals surface area contributed by atoms with E-state index < -0.39 is 0 Å². The molecule has 2 rings (SSSR count). The van der Waals surface area contributed by atoms with Crippen LogP contribution in [0.2, 0.25) is 0 Å². The van der Waals surface area contributed by atoms with Gasteiger partial charge in [-0.1, -0.05) is 45.4 Å². The first kappa shape index (κ1) is 15.4. The van der Waals surface area contributed by atoms with Crippen LogP contribution in [0.5, 0.6) is 0 Å². The van der Waals surface area contributed by atoms with Crippen LogP contribution in [0.25, 0.3) is 0 Å².